The van der Waals surface area contributed by atoms with Gasteiger partial charge in [-0.2, -0.15) is 5.10 Å². The van der Waals surface area contributed by atoms with Gasteiger partial charge in [0.05, 0.1) is 5.02 Å². The summed E-state index contributed by atoms with van der Waals surface area (Å²) in [5.74, 6) is 0.962. The fraction of sp³-hybridized carbons (Fsp3) is 0. The molecule has 2 aromatic rings. The van der Waals surface area contributed by atoms with Crippen LogP contribution in [0.25, 0.3) is 0 Å². The van der Waals surface area contributed by atoms with Crippen molar-refractivity contribution in [3.8, 4) is 11.6 Å². The molecule has 0 fully saturated rings. The molecule has 1 aromatic carbocycles. The molecule has 76 valence electrons. The van der Waals surface area contributed by atoms with Crippen molar-refractivity contribution in [3.05, 3.63) is 46.0 Å². The number of aromatic nitrogens is 2. The Morgan fingerprint density at radius 2 is 2.13 bits per heavy atom. The average Bonchev–Trinajstić information content (AvgIpc) is 2.25. The molecule has 0 bridgehead atoms. The average molecular weight is 286 g/mol. The highest BCUT2D eigenvalue weighted by atomic mass is 79.9. The normalized spacial score (nSPS) is 10.0. The summed E-state index contributed by atoms with van der Waals surface area (Å²) in [5.41, 5.74) is 0. The second-order valence-corrected chi connectivity index (χ2v) is 4.06. The van der Waals surface area contributed by atoms with Crippen molar-refractivity contribution >= 4 is 27.5 Å². The molecule has 0 N–H and O–H groups in total. The molecular formula is C10H6BrClN2O. The van der Waals surface area contributed by atoms with Gasteiger partial charge in [-0.05, 0) is 24.3 Å². The van der Waals surface area contributed by atoms with Crippen LogP contribution in [0.2, 0.25) is 5.02 Å². The van der Waals surface area contributed by atoms with Crippen molar-refractivity contribution in [2.45, 2.75) is 0 Å². The number of halogens is 2. The zero-order chi connectivity index (χ0) is 10.7. The molecule has 5 heteroatoms. The number of hydrogen-bond acceptors (Lipinski definition) is 3. The fourth-order valence-electron chi connectivity index (χ4n) is 1.01. The minimum Gasteiger partial charge on any atom is -0.436 e. The molecule has 0 aliphatic rings. The van der Waals surface area contributed by atoms with Gasteiger partial charge in [0.25, 0.3) is 0 Å². The van der Waals surface area contributed by atoms with E-state index in [4.69, 9.17) is 16.3 Å². The van der Waals surface area contributed by atoms with Gasteiger partial charge in [-0.15, -0.1) is 5.10 Å². The first-order chi connectivity index (χ1) is 7.25. The zero-order valence-electron chi connectivity index (χ0n) is 7.52. The lowest BCUT2D eigenvalue weighted by atomic mass is 10.3. The Hall–Kier alpha value is -1.13. The summed E-state index contributed by atoms with van der Waals surface area (Å²) in [6.45, 7) is 0. The van der Waals surface area contributed by atoms with Crippen molar-refractivity contribution in [2.24, 2.45) is 0 Å². The summed E-state index contributed by atoms with van der Waals surface area (Å²) in [4.78, 5) is 0. The number of nitrogens with zero attached hydrogens (tertiary/aromatic N) is 2. The van der Waals surface area contributed by atoms with Gasteiger partial charge in [0.2, 0.25) is 5.88 Å². The van der Waals surface area contributed by atoms with Crippen molar-refractivity contribution in [1.82, 2.24) is 10.2 Å². The van der Waals surface area contributed by atoms with Gasteiger partial charge in [0.1, 0.15) is 5.75 Å². The molecule has 0 saturated heterocycles. The number of rotatable bonds is 2. The topological polar surface area (TPSA) is 35.0 Å². The molecule has 0 aliphatic heterocycles. The van der Waals surface area contributed by atoms with Crippen LogP contribution < -0.4 is 4.74 Å². The summed E-state index contributed by atoms with van der Waals surface area (Å²) >= 11 is 9.29. The maximum Gasteiger partial charge on any atom is 0.238 e. The second kappa shape index (κ2) is 4.59. The van der Waals surface area contributed by atoms with Gasteiger partial charge in [0.15, 0.2) is 0 Å². The van der Waals surface area contributed by atoms with Gasteiger partial charge in [-0.1, -0.05) is 27.5 Å². The maximum absolute atomic E-state index is 5.95. The third-order valence-electron chi connectivity index (χ3n) is 1.66. The van der Waals surface area contributed by atoms with Gasteiger partial charge in [0, 0.05) is 16.7 Å². The van der Waals surface area contributed by atoms with E-state index >= 15 is 0 Å². The van der Waals surface area contributed by atoms with E-state index in [1.807, 2.05) is 6.07 Å². The largest absolute Gasteiger partial charge is 0.436 e. The Labute approximate surface area is 100 Å². The molecule has 0 spiro atoms. The number of hydrogen-bond donors (Lipinski definition) is 0. The summed E-state index contributed by atoms with van der Waals surface area (Å²) in [7, 11) is 0. The minimum atomic E-state index is 0.414. The van der Waals surface area contributed by atoms with Crippen LogP contribution in [0.5, 0.6) is 11.6 Å². The SMILES string of the molecule is Clc1ccc(Br)cc1Oc1cccnn1. The predicted molar refractivity (Wildman–Crippen MR) is 61.3 cm³/mol. The van der Waals surface area contributed by atoms with E-state index in [-0.39, 0.29) is 0 Å². The van der Waals surface area contributed by atoms with Crippen LogP contribution in [0.1, 0.15) is 0 Å². The third kappa shape index (κ3) is 2.67. The lowest BCUT2D eigenvalue weighted by molar-refractivity contribution is 0.455. The monoisotopic (exact) mass is 284 g/mol. The van der Waals surface area contributed by atoms with Crippen molar-refractivity contribution in [3.63, 3.8) is 0 Å². The molecule has 0 aliphatic carbocycles. The molecule has 0 unspecified atom stereocenters. The van der Waals surface area contributed by atoms with E-state index in [2.05, 4.69) is 26.1 Å². The minimum absolute atomic E-state index is 0.414. The summed E-state index contributed by atoms with van der Waals surface area (Å²) in [5, 5.41) is 8.03. The van der Waals surface area contributed by atoms with E-state index in [1.54, 1.807) is 30.5 Å². The Balaban J connectivity index is 2.28. The van der Waals surface area contributed by atoms with Crippen LogP contribution in [-0.4, -0.2) is 10.2 Å². The van der Waals surface area contributed by atoms with Crippen LogP contribution in [0, 0.1) is 0 Å². The summed E-state index contributed by atoms with van der Waals surface area (Å²) in [6.07, 6.45) is 1.58. The molecule has 2 rings (SSSR count). The molecule has 0 atom stereocenters. The van der Waals surface area contributed by atoms with E-state index in [0.29, 0.717) is 16.7 Å². The first kappa shape index (κ1) is 10.4. The van der Waals surface area contributed by atoms with Gasteiger partial charge in [-0.3, -0.25) is 0 Å². The summed E-state index contributed by atoms with van der Waals surface area (Å²) in [6, 6.07) is 8.82. The predicted octanol–water partition coefficient (Wildman–Crippen LogP) is 3.68. The molecule has 0 radical (unpaired) electrons. The highest BCUT2D eigenvalue weighted by Crippen LogP contribution is 2.30. The van der Waals surface area contributed by atoms with Crippen LogP contribution in [-0.2, 0) is 0 Å². The summed E-state index contributed by atoms with van der Waals surface area (Å²) < 4.78 is 6.35. The highest BCUT2D eigenvalue weighted by molar-refractivity contribution is 9.10. The maximum atomic E-state index is 5.95. The standard InChI is InChI=1S/C10H6BrClN2O/c11-7-3-4-8(12)9(6-7)15-10-2-1-5-13-14-10/h1-6H. The first-order valence-corrected chi connectivity index (χ1v) is 5.33. The van der Waals surface area contributed by atoms with Crippen molar-refractivity contribution in [1.29, 1.82) is 0 Å². The molecule has 1 heterocycles. The van der Waals surface area contributed by atoms with Crippen LogP contribution in [0.15, 0.2) is 41.0 Å². The zero-order valence-corrected chi connectivity index (χ0v) is 9.86. The van der Waals surface area contributed by atoms with E-state index in [0.717, 1.165) is 4.47 Å². The first-order valence-electron chi connectivity index (χ1n) is 4.16. The fourth-order valence-corrected chi connectivity index (χ4v) is 1.51. The number of ether oxygens (including phenoxy) is 1. The Kier molecular flexibility index (Phi) is 3.18. The van der Waals surface area contributed by atoms with E-state index in [9.17, 15) is 0 Å². The van der Waals surface area contributed by atoms with Crippen LogP contribution in [0.3, 0.4) is 0 Å². The quantitative estimate of drug-likeness (QED) is 0.844. The Morgan fingerprint density at radius 3 is 2.87 bits per heavy atom. The number of benzene rings is 1. The van der Waals surface area contributed by atoms with Crippen molar-refractivity contribution < 1.29 is 4.74 Å². The molecule has 15 heavy (non-hydrogen) atoms. The van der Waals surface area contributed by atoms with E-state index < -0.39 is 0 Å². The smallest absolute Gasteiger partial charge is 0.238 e. The van der Waals surface area contributed by atoms with Gasteiger partial charge < -0.3 is 4.74 Å². The Bertz CT molecular complexity index is 464. The second-order valence-electron chi connectivity index (χ2n) is 2.74. The lowest BCUT2D eigenvalue weighted by Crippen LogP contribution is -1.89. The van der Waals surface area contributed by atoms with Gasteiger partial charge >= 0.3 is 0 Å². The molecular weight excluding hydrogens is 279 g/mol. The molecule has 0 amide bonds. The molecule has 3 nitrogen and oxygen atoms in total. The Morgan fingerprint density at radius 1 is 1.27 bits per heavy atom. The third-order valence-corrected chi connectivity index (χ3v) is 2.46. The highest BCUT2D eigenvalue weighted by Gasteiger charge is 2.04. The van der Waals surface area contributed by atoms with Crippen LogP contribution >= 0.6 is 27.5 Å². The van der Waals surface area contributed by atoms with Crippen molar-refractivity contribution in [2.75, 3.05) is 0 Å². The van der Waals surface area contributed by atoms with E-state index in [1.165, 1.54) is 0 Å². The van der Waals surface area contributed by atoms with Crippen LogP contribution in [0.4, 0.5) is 0 Å². The van der Waals surface area contributed by atoms with Gasteiger partial charge in [-0.25, -0.2) is 0 Å². The molecule has 1 aromatic heterocycles. The lowest BCUT2D eigenvalue weighted by Gasteiger charge is -2.05. The molecule has 0 saturated carbocycles.